The number of thiophene rings is 1. The van der Waals surface area contributed by atoms with Gasteiger partial charge in [-0.25, -0.2) is 0 Å². The van der Waals surface area contributed by atoms with Crippen LogP contribution < -0.4 is 4.90 Å². The Bertz CT molecular complexity index is 806. The molecule has 1 atom stereocenters. The fourth-order valence-electron chi connectivity index (χ4n) is 4.61. The molecule has 2 aromatic rings. The van der Waals surface area contributed by atoms with Crippen LogP contribution in [0.5, 0.6) is 0 Å². The van der Waals surface area contributed by atoms with Crippen LogP contribution in [0, 0.1) is 5.92 Å². The van der Waals surface area contributed by atoms with Crippen molar-refractivity contribution in [2.24, 2.45) is 5.92 Å². The molecule has 5 heteroatoms. The summed E-state index contributed by atoms with van der Waals surface area (Å²) >= 11 is 1.79. The Balaban J connectivity index is 1.61. The first-order valence-electron chi connectivity index (χ1n) is 10.2. The van der Waals surface area contributed by atoms with Gasteiger partial charge in [0.1, 0.15) is 0 Å². The normalized spacial score (nSPS) is 24.7. The first kappa shape index (κ1) is 19.5. The van der Waals surface area contributed by atoms with Crippen molar-refractivity contribution in [1.82, 2.24) is 4.90 Å². The monoisotopic (exact) mass is 398 g/mol. The molecule has 4 nitrogen and oxygen atoms in total. The zero-order valence-corrected chi connectivity index (χ0v) is 17.9. The molecule has 1 fully saturated rings. The summed E-state index contributed by atoms with van der Waals surface area (Å²) < 4.78 is 5.49. The Morgan fingerprint density at radius 2 is 1.82 bits per heavy atom. The number of hydrogen-bond acceptors (Lipinski definition) is 4. The van der Waals surface area contributed by atoms with E-state index in [0.29, 0.717) is 12.0 Å². The number of rotatable bonds is 4. The molecule has 1 amide bonds. The summed E-state index contributed by atoms with van der Waals surface area (Å²) in [7, 11) is 5.89. The van der Waals surface area contributed by atoms with Gasteiger partial charge in [-0.15, -0.1) is 11.3 Å². The molecule has 0 spiro atoms. The lowest BCUT2D eigenvalue weighted by Crippen LogP contribution is -2.44. The van der Waals surface area contributed by atoms with E-state index in [0.717, 1.165) is 38.6 Å². The van der Waals surface area contributed by atoms with Gasteiger partial charge in [0.15, 0.2) is 0 Å². The Hall–Kier alpha value is -1.85. The van der Waals surface area contributed by atoms with Crippen LogP contribution in [0.3, 0.4) is 0 Å². The number of amides is 1. The lowest BCUT2D eigenvalue weighted by atomic mass is 9.85. The van der Waals surface area contributed by atoms with Gasteiger partial charge in [-0.1, -0.05) is 12.1 Å². The highest BCUT2D eigenvalue weighted by Crippen LogP contribution is 2.41. The lowest BCUT2D eigenvalue weighted by Gasteiger charge is -2.39. The molecule has 1 aromatic heterocycles. The van der Waals surface area contributed by atoms with E-state index in [2.05, 4.69) is 59.6 Å². The standard InChI is InChI=1S/C23H30N2O2S/c1-24(2)19-8-4-16(5-9-19)21-22-17(13-15-28-22)12-14-25(21)23(26)18-6-10-20(27-3)11-7-18/h4-5,8-9,13,15,18,20-21H,6-7,10-12,14H2,1-3H3. The summed E-state index contributed by atoms with van der Waals surface area (Å²) in [6, 6.07) is 11.0. The van der Waals surface area contributed by atoms with Crippen LogP contribution in [0.4, 0.5) is 5.69 Å². The van der Waals surface area contributed by atoms with Crippen molar-refractivity contribution in [3.05, 3.63) is 51.7 Å². The SMILES string of the molecule is COC1CCC(C(=O)N2CCc3ccsc3C2c2ccc(N(C)C)cc2)CC1. The number of fused-ring (bicyclic) bond motifs is 1. The van der Waals surface area contributed by atoms with E-state index >= 15 is 0 Å². The number of carbonyl (C=O) groups excluding carboxylic acids is 1. The molecule has 1 aromatic carbocycles. The van der Waals surface area contributed by atoms with E-state index in [9.17, 15) is 4.79 Å². The second-order valence-corrected chi connectivity index (χ2v) is 9.14. The first-order valence-corrected chi connectivity index (χ1v) is 11.1. The van der Waals surface area contributed by atoms with Gasteiger partial charge >= 0.3 is 0 Å². The van der Waals surface area contributed by atoms with Crippen LogP contribution in [0.15, 0.2) is 35.7 Å². The molecule has 2 heterocycles. The number of ether oxygens (including phenoxy) is 1. The topological polar surface area (TPSA) is 32.8 Å². The zero-order chi connectivity index (χ0) is 19.7. The second-order valence-electron chi connectivity index (χ2n) is 8.19. The van der Waals surface area contributed by atoms with Crippen LogP contribution in [0.2, 0.25) is 0 Å². The predicted molar refractivity (Wildman–Crippen MR) is 115 cm³/mol. The van der Waals surface area contributed by atoms with Crippen LogP contribution >= 0.6 is 11.3 Å². The molecular weight excluding hydrogens is 368 g/mol. The highest BCUT2D eigenvalue weighted by atomic mass is 32.1. The molecule has 2 aliphatic rings. The summed E-state index contributed by atoms with van der Waals surface area (Å²) in [5.41, 5.74) is 3.80. The summed E-state index contributed by atoms with van der Waals surface area (Å²) in [5, 5.41) is 2.17. The summed E-state index contributed by atoms with van der Waals surface area (Å²) in [5.74, 6) is 0.465. The zero-order valence-electron chi connectivity index (χ0n) is 17.1. The number of anilines is 1. The molecule has 1 aliphatic carbocycles. The lowest BCUT2D eigenvalue weighted by molar-refractivity contribution is -0.139. The minimum Gasteiger partial charge on any atom is -0.381 e. The number of methoxy groups -OCH3 is 1. The van der Waals surface area contributed by atoms with Gasteiger partial charge in [0.25, 0.3) is 0 Å². The molecule has 1 aliphatic heterocycles. The van der Waals surface area contributed by atoms with Crippen molar-refractivity contribution in [3.63, 3.8) is 0 Å². The van der Waals surface area contributed by atoms with E-state index in [1.54, 1.807) is 18.4 Å². The smallest absolute Gasteiger partial charge is 0.226 e. The van der Waals surface area contributed by atoms with E-state index in [1.807, 2.05) is 0 Å². The Kier molecular flexibility index (Phi) is 5.74. The largest absolute Gasteiger partial charge is 0.381 e. The van der Waals surface area contributed by atoms with Crippen LogP contribution in [-0.4, -0.2) is 44.7 Å². The van der Waals surface area contributed by atoms with Crippen LogP contribution in [0.25, 0.3) is 0 Å². The van der Waals surface area contributed by atoms with E-state index in [4.69, 9.17) is 4.74 Å². The Morgan fingerprint density at radius 1 is 1.11 bits per heavy atom. The molecular formula is C23H30N2O2S. The molecule has 4 rings (SSSR count). The van der Waals surface area contributed by atoms with Gasteiger partial charge in [0.2, 0.25) is 5.91 Å². The average Bonchev–Trinajstić information content (AvgIpc) is 3.21. The molecule has 28 heavy (non-hydrogen) atoms. The second kappa shape index (κ2) is 8.26. The van der Waals surface area contributed by atoms with Crippen molar-refractivity contribution < 1.29 is 9.53 Å². The molecule has 0 N–H and O–H groups in total. The summed E-state index contributed by atoms with van der Waals surface area (Å²) in [6.45, 7) is 0.812. The molecule has 0 bridgehead atoms. The highest BCUT2D eigenvalue weighted by molar-refractivity contribution is 7.10. The first-order chi connectivity index (χ1) is 13.6. The Morgan fingerprint density at radius 3 is 2.46 bits per heavy atom. The third kappa shape index (κ3) is 3.70. The number of hydrogen-bond donors (Lipinski definition) is 0. The molecule has 0 radical (unpaired) electrons. The third-order valence-electron chi connectivity index (χ3n) is 6.33. The highest BCUT2D eigenvalue weighted by Gasteiger charge is 2.37. The number of nitrogens with zero attached hydrogens (tertiary/aromatic N) is 2. The van der Waals surface area contributed by atoms with Gasteiger partial charge in [-0.2, -0.15) is 0 Å². The minimum atomic E-state index is 0.0487. The fraction of sp³-hybridized carbons (Fsp3) is 0.522. The van der Waals surface area contributed by atoms with Gasteiger partial charge < -0.3 is 14.5 Å². The predicted octanol–water partition coefficient (Wildman–Crippen LogP) is 4.49. The van der Waals surface area contributed by atoms with Crippen molar-refractivity contribution in [1.29, 1.82) is 0 Å². The van der Waals surface area contributed by atoms with Gasteiger partial charge in [-0.05, 0) is 66.8 Å². The molecule has 1 unspecified atom stereocenters. The van der Waals surface area contributed by atoms with E-state index < -0.39 is 0 Å². The van der Waals surface area contributed by atoms with Crippen molar-refractivity contribution in [3.8, 4) is 0 Å². The number of benzene rings is 1. The summed E-state index contributed by atoms with van der Waals surface area (Å²) in [6.07, 6.45) is 5.16. The van der Waals surface area contributed by atoms with Crippen LogP contribution in [-0.2, 0) is 16.0 Å². The number of carbonyl (C=O) groups is 1. The maximum Gasteiger partial charge on any atom is 0.226 e. The van der Waals surface area contributed by atoms with E-state index in [1.165, 1.54) is 21.7 Å². The summed E-state index contributed by atoms with van der Waals surface area (Å²) in [4.78, 5) is 19.1. The van der Waals surface area contributed by atoms with Gasteiger partial charge in [-0.3, -0.25) is 4.79 Å². The quantitative estimate of drug-likeness (QED) is 0.761. The molecule has 150 valence electrons. The maximum atomic E-state index is 13.5. The van der Waals surface area contributed by atoms with Gasteiger partial charge in [0.05, 0.1) is 12.1 Å². The fourth-order valence-corrected chi connectivity index (χ4v) is 5.70. The van der Waals surface area contributed by atoms with Crippen LogP contribution in [0.1, 0.15) is 47.7 Å². The maximum absolute atomic E-state index is 13.5. The third-order valence-corrected chi connectivity index (χ3v) is 7.34. The minimum absolute atomic E-state index is 0.0487. The van der Waals surface area contributed by atoms with Crippen molar-refractivity contribution >= 4 is 22.9 Å². The van der Waals surface area contributed by atoms with Crippen molar-refractivity contribution in [2.45, 2.75) is 44.2 Å². The van der Waals surface area contributed by atoms with E-state index in [-0.39, 0.29) is 12.0 Å². The average molecular weight is 399 g/mol. The molecule has 0 saturated heterocycles. The Labute approximate surface area is 172 Å². The molecule has 1 saturated carbocycles. The van der Waals surface area contributed by atoms with Gasteiger partial charge in [0, 0.05) is 44.2 Å². The van der Waals surface area contributed by atoms with Crippen molar-refractivity contribution in [2.75, 3.05) is 32.6 Å².